The fraction of sp³-hybridized carbons (Fsp3) is 0.211. The number of aromatic nitrogens is 1. The third-order valence-corrected chi connectivity index (χ3v) is 2.59. The molecule has 0 saturated carbocycles. The highest BCUT2D eigenvalue weighted by atomic mass is 16.4. The van der Waals surface area contributed by atoms with E-state index in [4.69, 9.17) is 4.42 Å². The van der Waals surface area contributed by atoms with E-state index < -0.39 is 0 Å². The first-order valence-corrected chi connectivity index (χ1v) is 7.75. The fourth-order valence-electron chi connectivity index (χ4n) is 1.71. The van der Waals surface area contributed by atoms with E-state index in [1.54, 1.807) is 6.20 Å². The molecule has 3 nitrogen and oxygen atoms in total. The summed E-state index contributed by atoms with van der Waals surface area (Å²) in [6.07, 6.45) is 1.72. The molecule has 0 aliphatic rings. The molecule has 116 valence electrons. The van der Waals surface area contributed by atoms with Gasteiger partial charge in [-0.25, -0.2) is 4.98 Å². The normalized spacial score (nSPS) is 8.91. The second kappa shape index (κ2) is 10.2. The van der Waals surface area contributed by atoms with Crippen LogP contribution in [0, 0.1) is 0 Å². The van der Waals surface area contributed by atoms with Gasteiger partial charge in [0.25, 0.3) is 6.01 Å². The molecule has 0 bridgehead atoms. The maximum atomic E-state index is 5.65. The summed E-state index contributed by atoms with van der Waals surface area (Å²) in [6, 6.07) is 20.2. The minimum atomic E-state index is 0.500. The highest BCUT2D eigenvalue weighted by Gasteiger charge is 2.05. The summed E-state index contributed by atoms with van der Waals surface area (Å²) in [4.78, 5) is 4.21. The van der Waals surface area contributed by atoms with E-state index in [0.29, 0.717) is 6.01 Å². The lowest BCUT2D eigenvalue weighted by molar-refractivity contribution is 0.592. The van der Waals surface area contributed by atoms with E-state index in [-0.39, 0.29) is 0 Å². The second-order valence-corrected chi connectivity index (χ2v) is 3.89. The molecule has 0 fully saturated rings. The minimum absolute atomic E-state index is 0.500. The lowest BCUT2D eigenvalue weighted by Crippen LogP contribution is -1.88. The summed E-state index contributed by atoms with van der Waals surface area (Å²) in [7, 11) is 0. The molecule has 1 aromatic heterocycles. The number of hydrogen-bond donors (Lipinski definition) is 1. The molecule has 0 atom stereocenters. The van der Waals surface area contributed by atoms with Crippen LogP contribution in [-0.4, -0.2) is 4.98 Å². The molecular formula is C19H24N2O. The Labute approximate surface area is 133 Å². The number of oxazole rings is 1. The summed E-state index contributed by atoms with van der Waals surface area (Å²) in [5, 5.41) is 3.12. The molecule has 3 heteroatoms. The van der Waals surface area contributed by atoms with Gasteiger partial charge in [0.15, 0.2) is 5.76 Å². The Bertz CT molecular complexity index is 618. The topological polar surface area (TPSA) is 38.1 Å². The Morgan fingerprint density at radius 3 is 1.91 bits per heavy atom. The van der Waals surface area contributed by atoms with Crippen LogP contribution in [0.5, 0.6) is 0 Å². The van der Waals surface area contributed by atoms with Crippen molar-refractivity contribution < 1.29 is 4.42 Å². The van der Waals surface area contributed by atoms with Crippen molar-refractivity contribution in [3.63, 3.8) is 0 Å². The molecule has 0 radical (unpaired) electrons. The van der Waals surface area contributed by atoms with Gasteiger partial charge >= 0.3 is 0 Å². The van der Waals surface area contributed by atoms with E-state index in [1.807, 2.05) is 88.4 Å². The molecule has 0 saturated heterocycles. The standard InChI is InChI=1S/C15H12N2O.2C2H6/c1-3-7-12(8-4-1)14-11-16-15(18-14)17-13-9-5-2-6-10-13;2*1-2/h1-11H,(H,16,17);2*1-2H3. The molecule has 2 aromatic carbocycles. The lowest BCUT2D eigenvalue weighted by Gasteiger charge is -2.00. The number of para-hydroxylation sites is 1. The van der Waals surface area contributed by atoms with Crippen molar-refractivity contribution in [3.8, 4) is 11.3 Å². The molecule has 22 heavy (non-hydrogen) atoms. The number of anilines is 2. The average molecular weight is 296 g/mol. The van der Waals surface area contributed by atoms with Crippen LogP contribution in [0.2, 0.25) is 0 Å². The highest BCUT2D eigenvalue weighted by Crippen LogP contribution is 2.23. The van der Waals surface area contributed by atoms with E-state index in [9.17, 15) is 0 Å². The van der Waals surface area contributed by atoms with Crippen LogP contribution in [0.1, 0.15) is 27.7 Å². The molecule has 0 aliphatic carbocycles. The molecule has 0 unspecified atom stereocenters. The second-order valence-electron chi connectivity index (χ2n) is 3.89. The maximum Gasteiger partial charge on any atom is 0.299 e. The number of nitrogens with zero attached hydrogens (tertiary/aromatic N) is 1. The zero-order valence-electron chi connectivity index (χ0n) is 13.7. The lowest BCUT2D eigenvalue weighted by atomic mass is 10.2. The molecular weight excluding hydrogens is 272 g/mol. The van der Waals surface area contributed by atoms with Crippen molar-refractivity contribution >= 4 is 11.7 Å². The van der Waals surface area contributed by atoms with Gasteiger partial charge in [0.1, 0.15) is 0 Å². The van der Waals surface area contributed by atoms with Crippen LogP contribution in [0.3, 0.4) is 0 Å². The number of hydrogen-bond acceptors (Lipinski definition) is 3. The van der Waals surface area contributed by atoms with E-state index >= 15 is 0 Å². The smallest absolute Gasteiger partial charge is 0.299 e. The zero-order chi connectivity index (χ0) is 16.2. The van der Waals surface area contributed by atoms with E-state index in [1.165, 1.54) is 0 Å². The Morgan fingerprint density at radius 1 is 0.773 bits per heavy atom. The van der Waals surface area contributed by atoms with Gasteiger partial charge in [-0.2, -0.15) is 0 Å². The van der Waals surface area contributed by atoms with Crippen molar-refractivity contribution in [1.29, 1.82) is 0 Å². The first-order chi connectivity index (χ1) is 10.9. The molecule has 3 aromatic rings. The molecule has 1 heterocycles. The molecule has 0 amide bonds. The first kappa shape index (κ1) is 17.5. The SMILES string of the molecule is CC.CC.c1ccc(Nc2ncc(-c3ccccc3)o2)cc1. The Kier molecular flexibility index (Phi) is 8.13. The van der Waals surface area contributed by atoms with Gasteiger partial charge in [0, 0.05) is 11.3 Å². The predicted octanol–water partition coefficient (Wildman–Crippen LogP) is 6.14. The van der Waals surface area contributed by atoms with Gasteiger partial charge in [0.05, 0.1) is 6.20 Å². The predicted molar refractivity (Wildman–Crippen MR) is 94.4 cm³/mol. The van der Waals surface area contributed by atoms with Crippen molar-refractivity contribution in [1.82, 2.24) is 4.98 Å². The van der Waals surface area contributed by atoms with Gasteiger partial charge in [-0.15, -0.1) is 0 Å². The molecule has 0 aliphatic heterocycles. The van der Waals surface area contributed by atoms with Gasteiger partial charge in [-0.3, -0.25) is 0 Å². The third-order valence-electron chi connectivity index (χ3n) is 2.59. The van der Waals surface area contributed by atoms with Crippen LogP contribution in [0.25, 0.3) is 11.3 Å². The average Bonchev–Trinajstić information content (AvgIpc) is 3.09. The quantitative estimate of drug-likeness (QED) is 0.631. The van der Waals surface area contributed by atoms with Crippen LogP contribution in [0.15, 0.2) is 71.3 Å². The Morgan fingerprint density at radius 2 is 1.32 bits per heavy atom. The number of rotatable bonds is 3. The molecule has 3 rings (SSSR count). The van der Waals surface area contributed by atoms with Gasteiger partial charge in [0.2, 0.25) is 0 Å². The van der Waals surface area contributed by atoms with Crippen molar-refractivity contribution in [2.75, 3.05) is 5.32 Å². The number of benzene rings is 2. The van der Waals surface area contributed by atoms with Crippen LogP contribution in [0.4, 0.5) is 11.7 Å². The van der Waals surface area contributed by atoms with Crippen molar-refractivity contribution in [3.05, 3.63) is 66.9 Å². The van der Waals surface area contributed by atoms with Gasteiger partial charge in [-0.1, -0.05) is 76.2 Å². The monoisotopic (exact) mass is 296 g/mol. The summed E-state index contributed by atoms with van der Waals surface area (Å²) in [6.45, 7) is 8.00. The summed E-state index contributed by atoms with van der Waals surface area (Å²) in [5.41, 5.74) is 1.98. The highest BCUT2D eigenvalue weighted by molar-refractivity contribution is 5.59. The summed E-state index contributed by atoms with van der Waals surface area (Å²) in [5.74, 6) is 0.758. The largest absolute Gasteiger partial charge is 0.423 e. The zero-order valence-corrected chi connectivity index (χ0v) is 13.7. The summed E-state index contributed by atoms with van der Waals surface area (Å²) < 4.78 is 5.65. The van der Waals surface area contributed by atoms with E-state index in [0.717, 1.165) is 17.0 Å². The van der Waals surface area contributed by atoms with Gasteiger partial charge < -0.3 is 9.73 Å². The first-order valence-electron chi connectivity index (χ1n) is 7.75. The Balaban J connectivity index is 0.000000561. The fourth-order valence-corrected chi connectivity index (χ4v) is 1.71. The molecule has 0 spiro atoms. The van der Waals surface area contributed by atoms with Crippen LogP contribution in [-0.2, 0) is 0 Å². The minimum Gasteiger partial charge on any atom is -0.423 e. The summed E-state index contributed by atoms with van der Waals surface area (Å²) >= 11 is 0. The van der Waals surface area contributed by atoms with Crippen LogP contribution >= 0.6 is 0 Å². The third kappa shape index (κ3) is 5.09. The van der Waals surface area contributed by atoms with Crippen molar-refractivity contribution in [2.24, 2.45) is 0 Å². The van der Waals surface area contributed by atoms with Crippen molar-refractivity contribution in [2.45, 2.75) is 27.7 Å². The van der Waals surface area contributed by atoms with Crippen LogP contribution < -0.4 is 5.32 Å². The maximum absolute atomic E-state index is 5.65. The van der Waals surface area contributed by atoms with E-state index in [2.05, 4.69) is 10.3 Å². The molecule has 1 N–H and O–H groups in total. The number of nitrogens with one attached hydrogen (secondary N) is 1. The van der Waals surface area contributed by atoms with Gasteiger partial charge in [-0.05, 0) is 12.1 Å². The Hall–Kier alpha value is -2.55.